The van der Waals surface area contributed by atoms with Crippen LogP contribution in [-0.2, 0) is 9.47 Å². The lowest BCUT2D eigenvalue weighted by molar-refractivity contribution is 0.0977. The molecular weight excluding hydrogens is 152 g/mol. The van der Waals surface area contributed by atoms with Gasteiger partial charge in [-0.15, -0.1) is 0 Å². The van der Waals surface area contributed by atoms with Crippen molar-refractivity contribution in [1.82, 2.24) is 0 Å². The first-order valence-corrected chi connectivity index (χ1v) is 4.54. The molecule has 0 amide bonds. The van der Waals surface area contributed by atoms with E-state index < -0.39 is 0 Å². The Hall–Kier alpha value is -0.920. The van der Waals surface area contributed by atoms with Gasteiger partial charge in [0.15, 0.2) is 11.5 Å². The second-order valence-corrected chi connectivity index (χ2v) is 2.72. The van der Waals surface area contributed by atoms with Crippen molar-refractivity contribution in [2.24, 2.45) is 5.92 Å². The van der Waals surface area contributed by atoms with Crippen molar-refractivity contribution in [3.8, 4) is 0 Å². The minimum absolute atomic E-state index is 0.393. The molecule has 1 fully saturated rings. The van der Waals surface area contributed by atoms with E-state index in [-0.39, 0.29) is 0 Å². The first-order chi connectivity index (χ1) is 5.86. The molecule has 68 valence electrons. The van der Waals surface area contributed by atoms with Gasteiger partial charge in [-0.3, -0.25) is 0 Å². The molecule has 0 aromatic heterocycles. The molecular formula is C10H16O2. The van der Waals surface area contributed by atoms with Crippen LogP contribution in [0.3, 0.4) is 0 Å². The maximum absolute atomic E-state index is 5.20. The number of ether oxygens (including phenoxy) is 2. The smallest absolute Gasteiger partial charge is 0.231 e. The molecule has 0 unspecified atom stereocenters. The molecule has 0 aromatic rings. The Morgan fingerprint density at radius 1 is 1.25 bits per heavy atom. The minimum atomic E-state index is 0.393. The van der Waals surface area contributed by atoms with E-state index in [1.54, 1.807) is 0 Å². The van der Waals surface area contributed by atoms with Gasteiger partial charge in [-0.25, -0.2) is 0 Å². The molecule has 2 rings (SSSR count). The van der Waals surface area contributed by atoms with E-state index in [1.165, 1.54) is 0 Å². The molecule has 1 aliphatic carbocycles. The van der Waals surface area contributed by atoms with Gasteiger partial charge in [0, 0.05) is 0 Å². The van der Waals surface area contributed by atoms with Crippen LogP contribution in [0.4, 0.5) is 0 Å². The van der Waals surface area contributed by atoms with Crippen LogP contribution in [0.25, 0.3) is 0 Å². The van der Waals surface area contributed by atoms with Crippen LogP contribution in [0.15, 0.2) is 23.7 Å². The van der Waals surface area contributed by atoms with Gasteiger partial charge in [-0.1, -0.05) is 20.8 Å². The normalized spacial score (nSPS) is 25.1. The number of rotatable bonds is 0. The van der Waals surface area contributed by atoms with E-state index in [9.17, 15) is 0 Å². The Balaban J connectivity index is 0.000000336. The highest BCUT2D eigenvalue weighted by molar-refractivity contribution is 5.26. The largest absolute Gasteiger partial charge is 0.454 e. The predicted octanol–water partition coefficient (Wildman–Crippen LogP) is 2.82. The fourth-order valence-electron chi connectivity index (χ4n) is 1.21. The SMILES string of the molecule is CC.C[C@H]1C=C2OCOC2=CC1. The van der Waals surface area contributed by atoms with Gasteiger partial charge < -0.3 is 9.47 Å². The molecule has 2 heteroatoms. The Labute approximate surface area is 73.9 Å². The van der Waals surface area contributed by atoms with Gasteiger partial charge in [0.1, 0.15) is 0 Å². The average molecular weight is 168 g/mol. The number of allylic oxidation sites excluding steroid dienone is 2. The van der Waals surface area contributed by atoms with Crippen LogP contribution in [0.1, 0.15) is 27.2 Å². The van der Waals surface area contributed by atoms with Crippen LogP contribution in [0.2, 0.25) is 0 Å². The fraction of sp³-hybridized carbons (Fsp3) is 0.600. The first kappa shape index (κ1) is 9.17. The van der Waals surface area contributed by atoms with Gasteiger partial charge in [0.25, 0.3) is 0 Å². The zero-order valence-corrected chi connectivity index (χ0v) is 7.96. The number of hydrogen-bond donors (Lipinski definition) is 0. The highest BCUT2D eigenvalue weighted by Crippen LogP contribution is 2.28. The molecule has 1 saturated heterocycles. The molecule has 2 aliphatic rings. The molecule has 0 saturated carbocycles. The molecule has 1 heterocycles. The zero-order chi connectivity index (χ0) is 8.97. The van der Waals surface area contributed by atoms with E-state index in [2.05, 4.69) is 19.1 Å². The number of hydrogen-bond acceptors (Lipinski definition) is 2. The van der Waals surface area contributed by atoms with E-state index in [1.807, 2.05) is 13.8 Å². The Kier molecular flexibility index (Phi) is 3.20. The second-order valence-electron chi connectivity index (χ2n) is 2.72. The van der Waals surface area contributed by atoms with Crippen LogP contribution in [0, 0.1) is 5.92 Å². The molecule has 0 bridgehead atoms. The lowest BCUT2D eigenvalue weighted by atomic mass is 10.0. The summed E-state index contributed by atoms with van der Waals surface area (Å²) in [6, 6.07) is 0. The Morgan fingerprint density at radius 3 is 2.67 bits per heavy atom. The van der Waals surface area contributed by atoms with Crippen molar-refractivity contribution in [3.63, 3.8) is 0 Å². The summed E-state index contributed by atoms with van der Waals surface area (Å²) >= 11 is 0. The molecule has 0 N–H and O–H groups in total. The highest BCUT2D eigenvalue weighted by Gasteiger charge is 2.20. The van der Waals surface area contributed by atoms with Crippen molar-refractivity contribution >= 4 is 0 Å². The molecule has 0 aromatic carbocycles. The molecule has 2 nitrogen and oxygen atoms in total. The topological polar surface area (TPSA) is 18.5 Å². The van der Waals surface area contributed by atoms with E-state index >= 15 is 0 Å². The standard InChI is InChI=1S/C8H10O2.C2H6/c1-6-2-3-7-8(4-6)10-5-9-7;1-2/h3-4,6H,2,5H2,1H3;1-2H3/t6-;/m1./s1. The quantitative estimate of drug-likeness (QED) is 0.553. The summed E-state index contributed by atoms with van der Waals surface area (Å²) in [5.74, 6) is 2.46. The highest BCUT2D eigenvalue weighted by atomic mass is 16.7. The van der Waals surface area contributed by atoms with Crippen LogP contribution in [-0.4, -0.2) is 6.79 Å². The van der Waals surface area contributed by atoms with Gasteiger partial charge in [0.05, 0.1) is 0 Å². The minimum Gasteiger partial charge on any atom is -0.454 e. The lowest BCUT2D eigenvalue weighted by Gasteiger charge is -2.09. The molecule has 1 aliphatic heterocycles. The number of fused-ring (bicyclic) bond motifs is 1. The molecule has 12 heavy (non-hydrogen) atoms. The molecule has 1 atom stereocenters. The third kappa shape index (κ3) is 1.81. The van der Waals surface area contributed by atoms with Crippen LogP contribution in [0.5, 0.6) is 0 Å². The summed E-state index contributed by atoms with van der Waals surface area (Å²) in [5, 5.41) is 0. The Morgan fingerprint density at radius 2 is 1.92 bits per heavy atom. The Bertz CT molecular complexity index is 204. The van der Waals surface area contributed by atoms with Crippen molar-refractivity contribution in [3.05, 3.63) is 23.7 Å². The van der Waals surface area contributed by atoms with E-state index in [0.717, 1.165) is 17.9 Å². The summed E-state index contributed by atoms with van der Waals surface area (Å²) in [4.78, 5) is 0. The first-order valence-electron chi connectivity index (χ1n) is 4.54. The van der Waals surface area contributed by atoms with Gasteiger partial charge in [0.2, 0.25) is 6.79 Å². The van der Waals surface area contributed by atoms with Crippen molar-refractivity contribution < 1.29 is 9.47 Å². The maximum atomic E-state index is 5.20. The summed E-state index contributed by atoms with van der Waals surface area (Å²) in [7, 11) is 0. The van der Waals surface area contributed by atoms with Crippen molar-refractivity contribution in [2.45, 2.75) is 27.2 Å². The lowest BCUT2D eigenvalue weighted by Crippen LogP contribution is -1.97. The van der Waals surface area contributed by atoms with E-state index in [0.29, 0.717) is 12.7 Å². The maximum Gasteiger partial charge on any atom is 0.231 e. The second kappa shape index (κ2) is 4.19. The van der Waals surface area contributed by atoms with Gasteiger partial charge in [-0.2, -0.15) is 0 Å². The third-order valence-electron chi connectivity index (χ3n) is 1.78. The van der Waals surface area contributed by atoms with Crippen LogP contribution < -0.4 is 0 Å². The summed E-state index contributed by atoms with van der Waals surface area (Å²) in [6.45, 7) is 6.56. The summed E-state index contributed by atoms with van der Waals surface area (Å²) in [5.41, 5.74) is 0. The summed E-state index contributed by atoms with van der Waals surface area (Å²) < 4.78 is 10.4. The van der Waals surface area contributed by atoms with Crippen molar-refractivity contribution in [2.75, 3.05) is 6.79 Å². The molecule has 0 spiro atoms. The van der Waals surface area contributed by atoms with E-state index in [4.69, 9.17) is 9.47 Å². The zero-order valence-electron chi connectivity index (χ0n) is 7.96. The molecule has 0 radical (unpaired) electrons. The van der Waals surface area contributed by atoms with Crippen molar-refractivity contribution in [1.29, 1.82) is 0 Å². The average Bonchev–Trinajstić information content (AvgIpc) is 2.54. The monoisotopic (exact) mass is 168 g/mol. The fourth-order valence-corrected chi connectivity index (χ4v) is 1.21. The third-order valence-corrected chi connectivity index (χ3v) is 1.78. The van der Waals surface area contributed by atoms with Gasteiger partial charge >= 0.3 is 0 Å². The summed E-state index contributed by atoms with van der Waals surface area (Å²) in [6.07, 6.45) is 5.28. The predicted molar refractivity (Wildman–Crippen MR) is 48.3 cm³/mol. The van der Waals surface area contributed by atoms with Gasteiger partial charge in [-0.05, 0) is 24.5 Å². The van der Waals surface area contributed by atoms with Crippen LogP contribution >= 0.6 is 0 Å².